The van der Waals surface area contributed by atoms with Gasteiger partial charge >= 0.3 is 0 Å². The highest BCUT2D eigenvalue weighted by Gasteiger charge is 2.41. The lowest BCUT2D eigenvalue weighted by molar-refractivity contribution is -0.186. The smallest absolute Gasteiger partial charge is 0.208 e. The van der Waals surface area contributed by atoms with E-state index in [1.165, 1.54) is 6.92 Å². The van der Waals surface area contributed by atoms with Crippen molar-refractivity contribution in [3.05, 3.63) is 30.3 Å². The molecular weight excluding hydrogens is 537 g/mol. The summed E-state index contributed by atoms with van der Waals surface area (Å²) in [7, 11) is 0. The SMILES string of the molecule is CC(C)(CCOCC(O)CCO)OCC(C)(C)C(C)(N)OCCC(C)(F)OCCOCC(O)COc1ccccc1. The third-order valence-electron chi connectivity index (χ3n) is 6.87. The summed E-state index contributed by atoms with van der Waals surface area (Å²) in [6.45, 7) is 11.9. The zero-order valence-corrected chi connectivity index (χ0v) is 25.8. The number of aliphatic hydroxyl groups excluding tert-OH is 3. The van der Waals surface area contributed by atoms with Crippen molar-refractivity contribution in [1.82, 2.24) is 0 Å². The highest BCUT2D eigenvalue weighted by Crippen LogP contribution is 2.33. The Bertz CT molecular complexity index is 808. The number of hydrogen-bond acceptors (Lipinski definition) is 10. The summed E-state index contributed by atoms with van der Waals surface area (Å²) in [6, 6.07) is 9.16. The van der Waals surface area contributed by atoms with E-state index in [0.29, 0.717) is 25.4 Å². The largest absolute Gasteiger partial charge is 0.491 e. The van der Waals surface area contributed by atoms with E-state index < -0.39 is 34.8 Å². The quantitative estimate of drug-likeness (QED) is 0.105. The van der Waals surface area contributed by atoms with Crippen molar-refractivity contribution in [2.24, 2.45) is 11.1 Å². The van der Waals surface area contributed by atoms with E-state index in [-0.39, 0.29) is 59.1 Å². The lowest BCUT2D eigenvalue weighted by Crippen LogP contribution is -2.55. The molecule has 1 rings (SSSR count). The minimum atomic E-state index is -1.94. The maximum atomic E-state index is 14.9. The van der Waals surface area contributed by atoms with Gasteiger partial charge in [0.1, 0.15) is 24.2 Å². The van der Waals surface area contributed by atoms with Crippen LogP contribution in [-0.4, -0.2) is 104 Å². The molecule has 41 heavy (non-hydrogen) atoms. The van der Waals surface area contributed by atoms with Gasteiger partial charge < -0.3 is 49.5 Å². The summed E-state index contributed by atoms with van der Waals surface area (Å²) in [4.78, 5) is 0. The fourth-order valence-electron chi connectivity index (χ4n) is 3.36. The Balaban J connectivity index is 2.28. The molecule has 4 unspecified atom stereocenters. The number of halogens is 1. The van der Waals surface area contributed by atoms with Gasteiger partial charge in [-0.2, -0.15) is 0 Å². The summed E-state index contributed by atoms with van der Waals surface area (Å²) in [5.41, 5.74) is 4.26. The van der Waals surface area contributed by atoms with E-state index in [1.54, 1.807) is 19.1 Å². The van der Waals surface area contributed by atoms with Crippen molar-refractivity contribution < 1.29 is 48.1 Å². The van der Waals surface area contributed by atoms with Gasteiger partial charge in [-0.15, -0.1) is 0 Å². The van der Waals surface area contributed by atoms with Crippen LogP contribution in [0.1, 0.15) is 60.8 Å². The summed E-state index contributed by atoms with van der Waals surface area (Å²) in [6.07, 6.45) is -0.658. The molecule has 0 spiro atoms. The second kappa shape index (κ2) is 18.3. The highest BCUT2D eigenvalue weighted by atomic mass is 19.2. The van der Waals surface area contributed by atoms with Crippen LogP contribution < -0.4 is 10.5 Å². The summed E-state index contributed by atoms with van der Waals surface area (Å²) < 4.78 is 48.5. The molecule has 11 heteroatoms. The molecule has 0 radical (unpaired) electrons. The van der Waals surface area contributed by atoms with E-state index in [4.69, 9.17) is 39.3 Å². The molecule has 1 aromatic carbocycles. The van der Waals surface area contributed by atoms with Gasteiger partial charge in [-0.1, -0.05) is 32.0 Å². The third-order valence-corrected chi connectivity index (χ3v) is 6.87. The fraction of sp³-hybridized carbons (Fsp3) is 0.800. The first-order valence-electron chi connectivity index (χ1n) is 14.3. The van der Waals surface area contributed by atoms with Crippen LogP contribution in [-0.2, 0) is 23.7 Å². The minimum Gasteiger partial charge on any atom is -0.491 e. The van der Waals surface area contributed by atoms with Crippen LogP contribution in [0.4, 0.5) is 4.39 Å². The second-order valence-corrected chi connectivity index (χ2v) is 11.9. The van der Waals surface area contributed by atoms with Gasteiger partial charge in [0.15, 0.2) is 0 Å². The topological polar surface area (TPSA) is 142 Å². The van der Waals surface area contributed by atoms with Crippen LogP contribution in [0.2, 0.25) is 0 Å². The molecule has 4 atom stereocenters. The lowest BCUT2D eigenvalue weighted by Gasteiger charge is -2.42. The van der Waals surface area contributed by atoms with Gasteiger partial charge in [0.2, 0.25) is 5.85 Å². The van der Waals surface area contributed by atoms with E-state index >= 15 is 0 Å². The number of nitrogens with two attached hydrogens (primary N) is 1. The Morgan fingerprint density at radius 3 is 2.07 bits per heavy atom. The number of benzene rings is 1. The predicted molar refractivity (Wildman–Crippen MR) is 154 cm³/mol. The molecule has 0 saturated carbocycles. The van der Waals surface area contributed by atoms with Crippen LogP contribution in [0.5, 0.6) is 5.75 Å². The van der Waals surface area contributed by atoms with Crippen LogP contribution >= 0.6 is 0 Å². The second-order valence-electron chi connectivity index (χ2n) is 11.9. The average Bonchev–Trinajstić information content (AvgIpc) is 2.89. The number of hydrogen-bond donors (Lipinski definition) is 4. The molecule has 0 amide bonds. The Labute approximate surface area is 245 Å². The van der Waals surface area contributed by atoms with E-state index in [0.717, 1.165) is 0 Å². The maximum absolute atomic E-state index is 14.9. The van der Waals surface area contributed by atoms with Gasteiger partial charge in [0.25, 0.3) is 0 Å². The molecule has 0 aliphatic carbocycles. The molecule has 5 N–H and O–H groups in total. The van der Waals surface area contributed by atoms with Crippen LogP contribution in [0.3, 0.4) is 0 Å². The number of rotatable bonds is 24. The third kappa shape index (κ3) is 16.7. The molecule has 1 aromatic rings. The number of alkyl halides is 1. The van der Waals surface area contributed by atoms with Gasteiger partial charge in [-0.3, -0.25) is 0 Å². The Morgan fingerprint density at radius 2 is 1.41 bits per heavy atom. The Hall–Kier alpha value is -1.41. The first kappa shape index (κ1) is 37.6. The fourth-order valence-corrected chi connectivity index (χ4v) is 3.36. The molecular formula is C30H54FNO9. The monoisotopic (exact) mass is 591 g/mol. The molecule has 0 saturated heterocycles. The standard InChI is InChI=1S/C30H54FNO9/c1-27(2,23-41-28(3,4)13-16-36-20-24(34)12-15-33)30(6,32)40-17-14-29(5,31)39-19-18-37-21-25(35)22-38-26-10-8-7-9-11-26/h7-11,24-25,33-35H,12-23,32H2,1-6H3. The average molecular weight is 592 g/mol. The van der Waals surface area contributed by atoms with E-state index in [2.05, 4.69) is 0 Å². The van der Waals surface area contributed by atoms with E-state index in [1.807, 2.05) is 45.9 Å². The summed E-state index contributed by atoms with van der Waals surface area (Å²) in [5, 5.41) is 28.4. The van der Waals surface area contributed by atoms with Crippen molar-refractivity contribution in [2.75, 3.05) is 59.5 Å². The van der Waals surface area contributed by atoms with Crippen molar-refractivity contribution in [3.8, 4) is 5.75 Å². The van der Waals surface area contributed by atoms with E-state index in [9.17, 15) is 14.6 Å². The van der Waals surface area contributed by atoms with Crippen molar-refractivity contribution >= 4 is 0 Å². The summed E-state index contributed by atoms with van der Waals surface area (Å²) >= 11 is 0. The van der Waals surface area contributed by atoms with Crippen LogP contribution in [0.25, 0.3) is 0 Å². The Kier molecular flexibility index (Phi) is 16.8. The molecule has 0 aromatic heterocycles. The predicted octanol–water partition coefficient (Wildman–Crippen LogP) is 3.20. The lowest BCUT2D eigenvalue weighted by atomic mass is 9.83. The normalized spacial score (nSPS) is 17.0. The molecule has 0 heterocycles. The minimum absolute atomic E-state index is 0.0116. The Morgan fingerprint density at radius 1 is 0.780 bits per heavy atom. The zero-order chi connectivity index (χ0) is 31.0. The molecule has 0 aliphatic rings. The van der Waals surface area contributed by atoms with Gasteiger partial charge in [0, 0.05) is 25.0 Å². The van der Waals surface area contributed by atoms with Gasteiger partial charge in [0.05, 0.1) is 51.3 Å². The summed E-state index contributed by atoms with van der Waals surface area (Å²) in [5.74, 6) is -1.28. The number of ether oxygens (including phenoxy) is 6. The highest BCUT2D eigenvalue weighted by molar-refractivity contribution is 5.20. The first-order valence-corrected chi connectivity index (χ1v) is 14.3. The van der Waals surface area contributed by atoms with Crippen molar-refractivity contribution in [1.29, 1.82) is 0 Å². The molecule has 0 bridgehead atoms. The molecule has 0 aliphatic heterocycles. The molecule has 10 nitrogen and oxygen atoms in total. The number of para-hydroxylation sites is 1. The number of aliphatic hydroxyl groups is 3. The van der Waals surface area contributed by atoms with Crippen LogP contribution in [0.15, 0.2) is 30.3 Å². The van der Waals surface area contributed by atoms with Gasteiger partial charge in [-0.05, 0) is 52.7 Å². The molecule has 240 valence electrons. The van der Waals surface area contributed by atoms with Gasteiger partial charge in [-0.25, -0.2) is 4.39 Å². The zero-order valence-electron chi connectivity index (χ0n) is 25.8. The first-order chi connectivity index (χ1) is 19.1. The van der Waals surface area contributed by atoms with Crippen molar-refractivity contribution in [3.63, 3.8) is 0 Å². The van der Waals surface area contributed by atoms with Crippen molar-refractivity contribution in [2.45, 2.75) is 90.2 Å². The molecule has 0 fully saturated rings. The van der Waals surface area contributed by atoms with Crippen LogP contribution in [0, 0.1) is 5.41 Å². The maximum Gasteiger partial charge on any atom is 0.208 e.